The number of nitrogens with one attached hydrogen (secondary N) is 1. The van der Waals surface area contributed by atoms with E-state index in [9.17, 15) is 18.0 Å². The lowest BCUT2D eigenvalue weighted by Gasteiger charge is -2.36. The minimum Gasteiger partial charge on any atom is -0.349 e. The highest BCUT2D eigenvalue weighted by molar-refractivity contribution is 5.98. The third-order valence-electron chi connectivity index (χ3n) is 5.62. The van der Waals surface area contributed by atoms with Gasteiger partial charge in [-0.15, -0.1) is 0 Å². The van der Waals surface area contributed by atoms with Gasteiger partial charge in [0.05, 0.1) is 22.5 Å². The van der Waals surface area contributed by atoms with Gasteiger partial charge in [0.15, 0.2) is 5.65 Å². The normalized spacial score (nSPS) is 19.2. The van der Waals surface area contributed by atoms with Crippen molar-refractivity contribution in [2.24, 2.45) is 7.05 Å². The molecule has 152 valence electrons. The maximum absolute atomic E-state index is 12.7. The molecule has 5 nitrogen and oxygen atoms in total. The largest absolute Gasteiger partial charge is 0.416 e. The van der Waals surface area contributed by atoms with Crippen LogP contribution in [0.5, 0.6) is 0 Å². The lowest BCUT2D eigenvalue weighted by molar-refractivity contribution is -0.137. The molecule has 0 unspecified atom stereocenters. The predicted molar refractivity (Wildman–Crippen MR) is 103 cm³/mol. The van der Waals surface area contributed by atoms with Crippen molar-refractivity contribution in [2.45, 2.75) is 44.8 Å². The second-order valence-electron chi connectivity index (χ2n) is 7.66. The van der Waals surface area contributed by atoms with E-state index in [1.807, 2.05) is 20.0 Å². The fourth-order valence-electron chi connectivity index (χ4n) is 3.88. The minimum absolute atomic E-state index is 0.000107. The maximum Gasteiger partial charge on any atom is 0.416 e. The first-order valence-corrected chi connectivity index (χ1v) is 9.42. The third kappa shape index (κ3) is 3.59. The number of alkyl halides is 3. The number of benzene rings is 1. The molecule has 1 aromatic carbocycles. The maximum atomic E-state index is 12.7. The number of carbonyl (C=O) groups excluding carboxylic acids is 1. The fourth-order valence-corrected chi connectivity index (χ4v) is 3.88. The van der Waals surface area contributed by atoms with Gasteiger partial charge < -0.3 is 5.32 Å². The van der Waals surface area contributed by atoms with E-state index in [1.54, 1.807) is 11.6 Å². The Bertz CT molecular complexity index is 1080. The first-order chi connectivity index (χ1) is 13.6. The van der Waals surface area contributed by atoms with Crippen LogP contribution in [0.25, 0.3) is 11.0 Å². The van der Waals surface area contributed by atoms with Crippen LogP contribution in [0.2, 0.25) is 0 Å². The quantitative estimate of drug-likeness (QED) is 0.711. The van der Waals surface area contributed by atoms with E-state index in [2.05, 4.69) is 15.4 Å². The van der Waals surface area contributed by atoms with Crippen molar-refractivity contribution in [1.29, 1.82) is 0 Å². The summed E-state index contributed by atoms with van der Waals surface area (Å²) < 4.78 is 39.7. The number of hydrogen-bond acceptors (Lipinski definition) is 3. The summed E-state index contributed by atoms with van der Waals surface area (Å²) in [4.78, 5) is 17.2. The zero-order valence-electron chi connectivity index (χ0n) is 16.3. The van der Waals surface area contributed by atoms with Gasteiger partial charge in [-0.25, -0.2) is 4.98 Å². The van der Waals surface area contributed by atoms with E-state index >= 15 is 0 Å². The molecule has 0 radical (unpaired) electrons. The van der Waals surface area contributed by atoms with Gasteiger partial charge in [-0.2, -0.15) is 18.3 Å². The average Bonchev–Trinajstić information content (AvgIpc) is 2.89. The number of aryl methyl sites for hydroxylation is 3. The van der Waals surface area contributed by atoms with E-state index in [0.717, 1.165) is 34.4 Å². The van der Waals surface area contributed by atoms with E-state index < -0.39 is 11.7 Å². The third-order valence-corrected chi connectivity index (χ3v) is 5.62. The van der Waals surface area contributed by atoms with E-state index in [-0.39, 0.29) is 17.9 Å². The van der Waals surface area contributed by atoms with Gasteiger partial charge in [0.1, 0.15) is 0 Å². The van der Waals surface area contributed by atoms with Crippen LogP contribution in [-0.4, -0.2) is 26.7 Å². The fraction of sp³-hybridized carbons (Fsp3) is 0.381. The summed E-state index contributed by atoms with van der Waals surface area (Å²) in [6, 6.07) is 7.10. The first kappa shape index (κ1) is 19.4. The Morgan fingerprint density at radius 3 is 2.41 bits per heavy atom. The molecule has 3 aromatic rings. The van der Waals surface area contributed by atoms with Crippen molar-refractivity contribution in [3.63, 3.8) is 0 Å². The molecule has 1 aliphatic carbocycles. The first-order valence-electron chi connectivity index (χ1n) is 9.42. The van der Waals surface area contributed by atoms with E-state index in [0.29, 0.717) is 24.1 Å². The van der Waals surface area contributed by atoms with Crippen LogP contribution < -0.4 is 5.32 Å². The van der Waals surface area contributed by atoms with Crippen LogP contribution in [0.4, 0.5) is 13.2 Å². The summed E-state index contributed by atoms with van der Waals surface area (Å²) >= 11 is 0. The Hall–Kier alpha value is -2.90. The molecule has 0 spiro atoms. The van der Waals surface area contributed by atoms with Crippen molar-refractivity contribution in [1.82, 2.24) is 20.1 Å². The monoisotopic (exact) mass is 402 g/mol. The van der Waals surface area contributed by atoms with Crippen molar-refractivity contribution in [3.8, 4) is 0 Å². The molecule has 0 aliphatic heterocycles. The van der Waals surface area contributed by atoms with Crippen molar-refractivity contribution >= 4 is 16.9 Å². The molecular weight excluding hydrogens is 381 g/mol. The van der Waals surface area contributed by atoms with E-state index in [1.165, 1.54) is 12.1 Å². The molecule has 1 saturated carbocycles. The second-order valence-corrected chi connectivity index (χ2v) is 7.66. The number of pyridine rings is 1. The van der Waals surface area contributed by atoms with Crippen LogP contribution in [0.15, 0.2) is 30.3 Å². The van der Waals surface area contributed by atoms with Crippen LogP contribution >= 0.6 is 0 Å². The molecule has 1 aliphatic rings. The molecule has 0 atom stereocenters. The van der Waals surface area contributed by atoms with Crippen molar-refractivity contribution in [3.05, 3.63) is 58.4 Å². The Kier molecular flexibility index (Phi) is 4.59. The summed E-state index contributed by atoms with van der Waals surface area (Å²) in [5.74, 6) is -0.0270. The van der Waals surface area contributed by atoms with Gasteiger partial charge >= 0.3 is 6.18 Å². The van der Waals surface area contributed by atoms with Crippen molar-refractivity contribution < 1.29 is 18.0 Å². The predicted octanol–water partition coefficient (Wildman–Crippen LogP) is 4.28. The number of rotatable bonds is 3. The molecule has 2 aromatic heterocycles. The number of carbonyl (C=O) groups is 1. The molecule has 0 bridgehead atoms. The zero-order chi connectivity index (χ0) is 20.9. The number of aromatic nitrogens is 3. The van der Waals surface area contributed by atoms with Gasteiger partial charge in [-0.05, 0) is 56.4 Å². The van der Waals surface area contributed by atoms with Gasteiger partial charge in [-0.3, -0.25) is 9.48 Å². The summed E-state index contributed by atoms with van der Waals surface area (Å²) in [6.07, 6.45) is -2.91. The Morgan fingerprint density at radius 2 is 1.79 bits per heavy atom. The molecule has 2 heterocycles. The number of halogens is 3. The highest BCUT2D eigenvalue weighted by atomic mass is 19.4. The van der Waals surface area contributed by atoms with Crippen molar-refractivity contribution in [2.75, 3.05) is 0 Å². The molecule has 29 heavy (non-hydrogen) atoms. The summed E-state index contributed by atoms with van der Waals surface area (Å²) in [5.41, 5.74) is 2.93. The molecule has 1 N–H and O–H groups in total. The van der Waals surface area contributed by atoms with Crippen LogP contribution in [0.3, 0.4) is 0 Å². The number of nitrogens with zero attached hydrogens (tertiary/aromatic N) is 3. The van der Waals surface area contributed by atoms with Gasteiger partial charge in [-0.1, -0.05) is 12.1 Å². The lowest BCUT2D eigenvalue weighted by atomic mass is 9.75. The summed E-state index contributed by atoms with van der Waals surface area (Å²) in [5, 5.41) is 8.20. The second kappa shape index (κ2) is 6.86. The zero-order valence-corrected chi connectivity index (χ0v) is 16.3. The summed E-state index contributed by atoms with van der Waals surface area (Å²) in [7, 11) is 1.82. The number of fused-ring (bicyclic) bond motifs is 1. The van der Waals surface area contributed by atoms with Gasteiger partial charge in [0.25, 0.3) is 5.91 Å². The minimum atomic E-state index is -4.33. The smallest absolute Gasteiger partial charge is 0.349 e. The Morgan fingerprint density at radius 1 is 1.14 bits per heavy atom. The van der Waals surface area contributed by atoms with Crippen LogP contribution in [0.1, 0.15) is 51.6 Å². The van der Waals surface area contributed by atoms with Gasteiger partial charge in [0.2, 0.25) is 0 Å². The number of amides is 1. The van der Waals surface area contributed by atoms with Crippen LogP contribution in [-0.2, 0) is 13.2 Å². The van der Waals surface area contributed by atoms with Crippen LogP contribution in [0, 0.1) is 13.8 Å². The SMILES string of the molecule is Cc1nc2c(cc1C(=O)NC1CC(c3ccc(C(F)(F)F)cc3)C1)c(C)nn2C. The summed E-state index contributed by atoms with van der Waals surface area (Å²) in [6.45, 7) is 3.67. The molecule has 0 saturated heterocycles. The number of hydrogen-bond donors (Lipinski definition) is 1. The molecule has 8 heteroatoms. The van der Waals surface area contributed by atoms with E-state index in [4.69, 9.17) is 0 Å². The average molecular weight is 402 g/mol. The molecular formula is C21H21F3N4O. The highest BCUT2D eigenvalue weighted by Gasteiger charge is 2.34. The lowest BCUT2D eigenvalue weighted by Crippen LogP contribution is -2.43. The standard InChI is InChI=1S/C21H21F3N4O/c1-11-18(10-17-12(2)27-28(3)19(17)25-11)20(29)26-16-8-14(9-16)13-4-6-15(7-5-13)21(22,23)24/h4-7,10,14,16H,8-9H2,1-3H3,(H,26,29). The van der Waals surface area contributed by atoms with Gasteiger partial charge in [0, 0.05) is 18.5 Å². The molecule has 1 amide bonds. The Labute approximate surface area is 165 Å². The Balaban J connectivity index is 1.42. The highest BCUT2D eigenvalue weighted by Crippen LogP contribution is 2.38. The topological polar surface area (TPSA) is 59.8 Å². The molecule has 4 rings (SSSR count). The molecule has 1 fully saturated rings.